The maximum atomic E-state index is 14.0. The Kier molecular flexibility index (Phi) is 5.77. The first kappa shape index (κ1) is 20.4. The van der Waals surface area contributed by atoms with Gasteiger partial charge < -0.3 is 10.0 Å². The molecule has 1 amide bonds. The third-order valence-corrected chi connectivity index (χ3v) is 5.40. The molecule has 1 unspecified atom stereocenters. The summed E-state index contributed by atoms with van der Waals surface area (Å²) in [5.41, 5.74) is 1.40. The van der Waals surface area contributed by atoms with E-state index in [0.717, 1.165) is 10.2 Å². The van der Waals surface area contributed by atoms with Gasteiger partial charge >= 0.3 is 0 Å². The molecular weight excluding hydrogens is 421 g/mol. The number of fused-ring (bicyclic) bond motifs is 1. The lowest BCUT2D eigenvalue weighted by atomic mass is 10.0. The minimum atomic E-state index is -2.48. The number of hydrogen-bond donors (Lipinski definition) is 1. The van der Waals surface area contributed by atoms with Gasteiger partial charge in [-0.25, -0.2) is 17.3 Å². The van der Waals surface area contributed by atoms with Gasteiger partial charge in [0.25, 0.3) is 6.43 Å². The van der Waals surface area contributed by atoms with Crippen LogP contribution in [-0.4, -0.2) is 52.9 Å². The van der Waals surface area contributed by atoms with Gasteiger partial charge in [0.2, 0.25) is 5.91 Å². The van der Waals surface area contributed by atoms with E-state index in [1.54, 1.807) is 10.3 Å². The molecule has 30 heavy (non-hydrogen) atoms. The highest BCUT2D eigenvalue weighted by Crippen LogP contribution is 2.29. The zero-order valence-corrected chi connectivity index (χ0v) is 16.3. The number of carbonyl (C=O) groups excluding carboxylic acids is 1. The van der Waals surface area contributed by atoms with Crippen molar-refractivity contribution >= 4 is 17.9 Å². The molecule has 0 radical (unpaired) electrons. The number of nitrogens with zero attached hydrogens (tertiary/aromatic N) is 6. The van der Waals surface area contributed by atoms with Crippen LogP contribution >= 0.6 is 11.9 Å². The quantitative estimate of drug-likeness (QED) is 0.608. The van der Waals surface area contributed by atoms with Gasteiger partial charge in [0.15, 0.2) is 0 Å². The Morgan fingerprint density at radius 1 is 1.30 bits per heavy atom. The molecule has 0 aromatic carbocycles. The molecule has 4 rings (SSSR count). The van der Waals surface area contributed by atoms with Crippen molar-refractivity contribution in [1.29, 1.82) is 0 Å². The molecule has 1 aliphatic rings. The maximum absolute atomic E-state index is 14.0. The topological polar surface area (TPSA) is 89.1 Å². The summed E-state index contributed by atoms with van der Waals surface area (Å²) in [6, 6.07) is 2.61. The van der Waals surface area contributed by atoms with Crippen LogP contribution < -0.4 is 0 Å². The highest BCUT2D eigenvalue weighted by molar-refractivity contribution is 7.97. The summed E-state index contributed by atoms with van der Waals surface area (Å²) in [5.74, 6) is -2.16. The Morgan fingerprint density at radius 2 is 2.13 bits per heavy atom. The lowest BCUT2D eigenvalue weighted by Gasteiger charge is -2.21. The summed E-state index contributed by atoms with van der Waals surface area (Å²) >= 11 is 1.21. The van der Waals surface area contributed by atoms with Crippen molar-refractivity contribution in [2.45, 2.75) is 36.9 Å². The Bertz CT molecular complexity index is 1030. The van der Waals surface area contributed by atoms with E-state index in [4.69, 9.17) is 0 Å². The number of aliphatic hydroxyl groups is 1. The van der Waals surface area contributed by atoms with E-state index in [-0.39, 0.29) is 18.8 Å². The smallest absolute Gasteiger partial charge is 0.257 e. The SMILES string of the molecule is O=C(C(CO)c1ncccc1F)N1Cc2cn(Sc3cnn(CC(F)F)c3)nc2C1. The van der Waals surface area contributed by atoms with Crippen LogP contribution in [0.3, 0.4) is 0 Å². The summed E-state index contributed by atoms with van der Waals surface area (Å²) in [6.07, 6.45) is 3.61. The van der Waals surface area contributed by atoms with Crippen LogP contribution in [-0.2, 0) is 24.4 Å². The van der Waals surface area contributed by atoms with Crippen molar-refractivity contribution in [3.8, 4) is 0 Å². The van der Waals surface area contributed by atoms with Crippen LogP contribution in [0.1, 0.15) is 22.9 Å². The fraction of sp³-hybridized carbons (Fsp3) is 0.333. The molecule has 158 valence electrons. The molecule has 4 heterocycles. The lowest BCUT2D eigenvalue weighted by molar-refractivity contribution is -0.134. The molecule has 0 spiro atoms. The number of alkyl halides is 2. The highest BCUT2D eigenvalue weighted by atomic mass is 32.2. The van der Waals surface area contributed by atoms with E-state index in [9.17, 15) is 23.1 Å². The lowest BCUT2D eigenvalue weighted by Crippen LogP contribution is -2.33. The van der Waals surface area contributed by atoms with Crippen molar-refractivity contribution in [2.75, 3.05) is 6.61 Å². The van der Waals surface area contributed by atoms with Crippen LogP contribution in [0, 0.1) is 5.82 Å². The largest absolute Gasteiger partial charge is 0.395 e. The predicted octanol–water partition coefficient (Wildman–Crippen LogP) is 2.05. The van der Waals surface area contributed by atoms with Gasteiger partial charge in [-0.2, -0.15) is 10.2 Å². The van der Waals surface area contributed by atoms with Crippen molar-refractivity contribution in [3.63, 3.8) is 0 Å². The second kappa shape index (κ2) is 8.48. The van der Waals surface area contributed by atoms with E-state index in [2.05, 4.69) is 15.2 Å². The molecular formula is C18H17F3N6O2S. The van der Waals surface area contributed by atoms with Gasteiger partial charge in [0, 0.05) is 42.6 Å². The third-order valence-electron chi connectivity index (χ3n) is 4.60. The van der Waals surface area contributed by atoms with Gasteiger partial charge in [0.05, 0.1) is 35.6 Å². The summed E-state index contributed by atoms with van der Waals surface area (Å²) < 4.78 is 41.6. The van der Waals surface area contributed by atoms with Gasteiger partial charge in [-0.1, -0.05) is 0 Å². The van der Waals surface area contributed by atoms with Crippen molar-refractivity contribution < 1.29 is 23.1 Å². The maximum Gasteiger partial charge on any atom is 0.257 e. The molecule has 0 saturated heterocycles. The van der Waals surface area contributed by atoms with E-state index < -0.39 is 37.2 Å². The standard InChI is InChI=1S/C18H17F3N6O2S/c19-14-2-1-3-22-17(14)13(10-28)18(29)25-5-11-6-27(24-15(11)8-25)30-12-4-23-26(7-12)9-16(20)21/h1-4,6-7,13,16,28H,5,8-10H2. The van der Waals surface area contributed by atoms with Crippen LogP contribution in [0.25, 0.3) is 0 Å². The molecule has 1 atom stereocenters. The molecule has 1 aliphatic heterocycles. The summed E-state index contributed by atoms with van der Waals surface area (Å²) in [4.78, 5) is 18.8. The van der Waals surface area contributed by atoms with Crippen molar-refractivity contribution in [1.82, 2.24) is 28.9 Å². The Labute approximate surface area is 173 Å². The van der Waals surface area contributed by atoms with Crippen molar-refractivity contribution in [2.24, 2.45) is 0 Å². The van der Waals surface area contributed by atoms with E-state index in [1.807, 2.05) is 0 Å². The molecule has 0 fully saturated rings. The molecule has 0 aliphatic carbocycles. The Balaban J connectivity index is 1.42. The second-order valence-electron chi connectivity index (χ2n) is 6.68. The van der Waals surface area contributed by atoms with E-state index in [1.165, 1.54) is 47.6 Å². The molecule has 12 heteroatoms. The third kappa shape index (κ3) is 4.19. The monoisotopic (exact) mass is 438 g/mol. The zero-order chi connectivity index (χ0) is 21.3. The summed E-state index contributed by atoms with van der Waals surface area (Å²) in [7, 11) is 0. The fourth-order valence-corrected chi connectivity index (χ4v) is 4.03. The average Bonchev–Trinajstić information content (AvgIpc) is 3.38. The van der Waals surface area contributed by atoms with Crippen LogP contribution in [0.5, 0.6) is 0 Å². The second-order valence-corrected chi connectivity index (χ2v) is 7.71. The van der Waals surface area contributed by atoms with Gasteiger partial charge in [-0.05, 0) is 12.1 Å². The molecule has 3 aromatic rings. The molecule has 1 N–H and O–H groups in total. The van der Waals surface area contributed by atoms with Gasteiger partial charge in [-0.15, -0.1) is 0 Å². The van der Waals surface area contributed by atoms with Crippen molar-refractivity contribution in [3.05, 3.63) is 59.7 Å². The molecule has 0 bridgehead atoms. The summed E-state index contributed by atoms with van der Waals surface area (Å²) in [6.45, 7) is -0.544. The number of hydrogen-bond acceptors (Lipinski definition) is 6. The first-order valence-electron chi connectivity index (χ1n) is 9.01. The predicted molar refractivity (Wildman–Crippen MR) is 100.0 cm³/mol. The number of aromatic nitrogens is 5. The summed E-state index contributed by atoms with van der Waals surface area (Å²) in [5, 5.41) is 17.9. The van der Waals surface area contributed by atoms with E-state index in [0.29, 0.717) is 10.6 Å². The Hall–Kier alpha value is -2.86. The van der Waals surface area contributed by atoms with Crippen LogP contribution in [0.4, 0.5) is 13.2 Å². The molecule has 3 aromatic heterocycles. The number of rotatable bonds is 7. The first-order chi connectivity index (χ1) is 14.4. The minimum Gasteiger partial charge on any atom is -0.395 e. The number of carbonyl (C=O) groups is 1. The van der Waals surface area contributed by atoms with E-state index >= 15 is 0 Å². The fourth-order valence-electron chi connectivity index (χ4n) is 3.23. The van der Waals surface area contributed by atoms with Gasteiger partial charge in [0.1, 0.15) is 18.3 Å². The highest BCUT2D eigenvalue weighted by Gasteiger charge is 2.33. The number of pyridine rings is 1. The zero-order valence-electron chi connectivity index (χ0n) is 15.5. The number of amides is 1. The van der Waals surface area contributed by atoms with Crippen LogP contribution in [0.15, 0.2) is 41.8 Å². The average molecular weight is 438 g/mol. The van der Waals surface area contributed by atoms with Gasteiger partial charge in [-0.3, -0.25) is 14.5 Å². The normalized spacial score (nSPS) is 14.4. The van der Waals surface area contributed by atoms with Crippen LogP contribution in [0.2, 0.25) is 0 Å². The Morgan fingerprint density at radius 3 is 2.83 bits per heavy atom. The minimum absolute atomic E-state index is 0.0871. The molecule has 0 saturated carbocycles. The number of halogens is 3. The number of aliphatic hydroxyl groups excluding tert-OH is 1. The first-order valence-corrected chi connectivity index (χ1v) is 9.78. The molecule has 8 nitrogen and oxygen atoms in total.